The van der Waals surface area contributed by atoms with E-state index in [1.165, 1.54) is 6.07 Å². The molecule has 0 aromatic heterocycles. The highest BCUT2D eigenvalue weighted by Gasteiger charge is 2.12. The molecular formula is C11H15FN2O3S. The molecule has 0 bridgehead atoms. The molecule has 0 aliphatic heterocycles. The highest BCUT2D eigenvalue weighted by molar-refractivity contribution is 7.89. The van der Waals surface area contributed by atoms with Gasteiger partial charge in [-0.05, 0) is 25.0 Å². The third-order valence-corrected chi connectivity index (χ3v) is 3.19. The summed E-state index contributed by atoms with van der Waals surface area (Å²) in [4.78, 5) is 11.6. The van der Waals surface area contributed by atoms with Gasteiger partial charge in [-0.3, -0.25) is 4.79 Å². The predicted molar refractivity (Wildman–Crippen MR) is 66.1 cm³/mol. The summed E-state index contributed by atoms with van der Waals surface area (Å²) in [6.45, 7) is 1.69. The summed E-state index contributed by atoms with van der Waals surface area (Å²) in [6, 6.07) is 4.52. The average Bonchev–Trinajstić information content (AvgIpc) is 2.26. The normalized spacial score (nSPS) is 11.3. The number of primary sulfonamides is 1. The number of aryl methyl sites for hydroxylation is 1. The molecule has 1 rings (SSSR count). The van der Waals surface area contributed by atoms with E-state index in [1.807, 2.05) is 0 Å². The Morgan fingerprint density at radius 1 is 1.44 bits per heavy atom. The third kappa shape index (κ3) is 4.42. The van der Waals surface area contributed by atoms with Crippen LogP contribution in [0.15, 0.2) is 18.2 Å². The number of nitrogens with one attached hydrogen (secondary N) is 1. The molecule has 7 heteroatoms. The first kappa shape index (κ1) is 14.6. The Bertz CT molecular complexity index is 543. The number of hydrogen-bond donors (Lipinski definition) is 2. The van der Waals surface area contributed by atoms with Gasteiger partial charge in [0.1, 0.15) is 5.82 Å². The molecule has 0 atom stereocenters. The van der Waals surface area contributed by atoms with Gasteiger partial charge in [-0.25, -0.2) is 17.9 Å². The summed E-state index contributed by atoms with van der Waals surface area (Å²) in [5.74, 6) is -1.35. The fourth-order valence-electron chi connectivity index (χ4n) is 1.39. The van der Waals surface area contributed by atoms with Crippen molar-refractivity contribution in [2.45, 2.75) is 13.3 Å². The number of amides is 1. The molecule has 0 aliphatic rings. The second kappa shape index (κ2) is 5.92. The lowest BCUT2D eigenvalue weighted by atomic mass is 10.1. The zero-order valence-corrected chi connectivity index (χ0v) is 10.8. The Hall–Kier alpha value is -1.47. The van der Waals surface area contributed by atoms with Gasteiger partial charge < -0.3 is 5.32 Å². The number of halogens is 1. The van der Waals surface area contributed by atoms with Crippen LogP contribution in [0, 0.1) is 12.7 Å². The Balaban J connectivity index is 2.54. The van der Waals surface area contributed by atoms with E-state index in [2.05, 4.69) is 5.32 Å². The molecule has 0 aliphatic carbocycles. The van der Waals surface area contributed by atoms with Crippen LogP contribution in [0.3, 0.4) is 0 Å². The van der Waals surface area contributed by atoms with E-state index in [4.69, 9.17) is 5.14 Å². The first-order valence-electron chi connectivity index (χ1n) is 5.35. The summed E-state index contributed by atoms with van der Waals surface area (Å²) in [5.41, 5.74) is 0.331. The minimum absolute atomic E-state index is 0.0504. The molecule has 0 spiro atoms. The highest BCUT2D eigenvalue weighted by Crippen LogP contribution is 2.11. The van der Waals surface area contributed by atoms with Crippen LogP contribution < -0.4 is 10.5 Å². The molecule has 1 amide bonds. The first-order valence-corrected chi connectivity index (χ1v) is 7.06. The molecule has 3 N–H and O–H groups in total. The number of rotatable bonds is 5. The van der Waals surface area contributed by atoms with Crippen LogP contribution in [0.5, 0.6) is 0 Å². The van der Waals surface area contributed by atoms with Crippen molar-refractivity contribution in [3.05, 3.63) is 35.1 Å². The smallest absolute Gasteiger partial charge is 0.254 e. The zero-order chi connectivity index (χ0) is 13.8. The van der Waals surface area contributed by atoms with Gasteiger partial charge in [0.05, 0.1) is 11.3 Å². The molecule has 1 aromatic carbocycles. The van der Waals surface area contributed by atoms with Crippen molar-refractivity contribution < 1.29 is 17.6 Å². The first-order chi connectivity index (χ1) is 8.31. The summed E-state index contributed by atoms with van der Waals surface area (Å²) in [6.07, 6.45) is 0.192. The van der Waals surface area contributed by atoms with E-state index in [0.29, 0.717) is 5.56 Å². The van der Waals surface area contributed by atoms with Gasteiger partial charge in [-0.15, -0.1) is 0 Å². The number of benzene rings is 1. The Labute approximate surface area is 105 Å². The van der Waals surface area contributed by atoms with Crippen LogP contribution in [-0.4, -0.2) is 26.6 Å². The molecule has 100 valence electrons. The standard InChI is InChI=1S/C11H15FN2O3S/c1-8-4-2-5-9(10(8)12)11(15)14-6-3-7-18(13,16)17/h2,4-5H,3,6-7H2,1H3,(H,14,15)(H2,13,16,17). The SMILES string of the molecule is Cc1cccc(C(=O)NCCCS(N)(=O)=O)c1F. The van der Waals surface area contributed by atoms with Gasteiger partial charge in [-0.1, -0.05) is 12.1 Å². The van der Waals surface area contributed by atoms with E-state index in [-0.39, 0.29) is 24.3 Å². The molecule has 0 saturated carbocycles. The minimum atomic E-state index is -3.53. The average molecular weight is 274 g/mol. The van der Waals surface area contributed by atoms with Crippen molar-refractivity contribution in [2.75, 3.05) is 12.3 Å². The van der Waals surface area contributed by atoms with Crippen molar-refractivity contribution in [3.8, 4) is 0 Å². The topological polar surface area (TPSA) is 89.3 Å². The second-order valence-electron chi connectivity index (χ2n) is 3.91. The fourth-order valence-corrected chi connectivity index (χ4v) is 1.94. The minimum Gasteiger partial charge on any atom is -0.352 e. The molecule has 0 saturated heterocycles. The van der Waals surface area contributed by atoms with Crippen LogP contribution in [0.1, 0.15) is 22.3 Å². The molecule has 0 fully saturated rings. The number of nitrogens with two attached hydrogens (primary N) is 1. The Morgan fingerprint density at radius 3 is 2.72 bits per heavy atom. The summed E-state index contributed by atoms with van der Waals surface area (Å²) in [5, 5.41) is 7.25. The van der Waals surface area contributed by atoms with Crippen molar-refractivity contribution >= 4 is 15.9 Å². The second-order valence-corrected chi connectivity index (χ2v) is 5.65. The van der Waals surface area contributed by atoms with Crippen molar-refractivity contribution in [1.29, 1.82) is 0 Å². The molecule has 18 heavy (non-hydrogen) atoms. The van der Waals surface area contributed by atoms with Crippen LogP contribution >= 0.6 is 0 Å². The van der Waals surface area contributed by atoms with Crippen molar-refractivity contribution in [1.82, 2.24) is 5.32 Å². The van der Waals surface area contributed by atoms with Crippen LogP contribution in [0.25, 0.3) is 0 Å². The van der Waals surface area contributed by atoms with Gasteiger partial charge in [0.25, 0.3) is 5.91 Å². The van der Waals surface area contributed by atoms with E-state index in [0.717, 1.165) is 0 Å². The monoisotopic (exact) mass is 274 g/mol. The Morgan fingerprint density at radius 2 is 2.11 bits per heavy atom. The van der Waals surface area contributed by atoms with Gasteiger partial charge in [0.15, 0.2) is 0 Å². The van der Waals surface area contributed by atoms with Crippen molar-refractivity contribution in [2.24, 2.45) is 5.14 Å². The van der Waals surface area contributed by atoms with Crippen LogP contribution in [0.4, 0.5) is 4.39 Å². The molecule has 0 unspecified atom stereocenters. The quantitative estimate of drug-likeness (QED) is 0.768. The lowest BCUT2D eigenvalue weighted by Gasteiger charge is -2.06. The van der Waals surface area contributed by atoms with E-state index in [1.54, 1.807) is 19.1 Å². The molecule has 1 aromatic rings. The van der Waals surface area contributed by atoms with Crippen LogP contribution in [-0.2, 0) is 10.0 Å². The van der Waals surface area contributed by atoms with Crippen LogP contribution in [0.2, 0.25) is 0 Å². The maximum Gasteiger partial charge on any atom is 0.254 e. The largest absolute Gasteiger partial charge is 0.352 e. The number of hydrogen-bond acceptors (Lipinski definition) is 3. The summed E-state index contributed by atoms with van der Waals surface area (Å²) < 4.78 is 34.9. The van der Waals surface area contributed by atoms with E-state index >= 15 is 0 Å². The fraction of sp³-hybridized carbons (Fsp3) is 0.364. The van der Waals surface area contributed by atoms with Gasteiger partial charge >= 0.3 is 0 Å². The zero-order valence-electron chi connectivity index (χ0n) is 9.94. The molecular weight excluding hydrogens is 259 g/mol. The van der Waals surface area contributed by atoms with Gasteiger partial charge in [-0.2, -0.15) is 0 Å². The number of carbonyl (C=O) groups excluding carboxylic acids is 1. The molecule has 0 radical (unpaired) electrons. The highest BCUT2D eigenvalue weighted by atomic mass is 32.2. The predicted octanol–water partition coefficient (Wildman–Crippen LogP) is 0.543. The molecule has 5 nitrogen and oxygen atoms in total. The molecule has 0 heterocycles. The summed E-state index contributed by atoms with van der Waals surface area (Å²) in [7, 11) is -3.53. The number of sulfonamides is 1. The maximum absolute atomic E-state index is 13.6. The van der Waals surface area contributed by atoms with E-state index < -0.39 is 21.7 Å². The maximum atomic E-state index is 13.6. The van der Waals surface area contributed by atoms with Gasteiger partial charge in [0, 0.05) is 6.54 Å². The lowest BCUT2D eigenvalue weighted by molar-refractivity contribution is 0.0949. The third-order valence-electron chi connectivity index (χ3n) is 2.33. The van der Waals surface area contributed by atoms with Crippen molar-refractivity contribution in [3.63, 3.8) is 0 Å². The lowest BCUT2D eigenvalue weighted by Crippen LogP contribution is -2.28. The van der Waals surface area contributed by atoms with E-state index in [9.17, 15) is 17.6 Å². The Kier molecular flexibility index (Phi) is 4.80. The van der Waals surface area contributed by atoms with Gasteiger partial charge in [0.2, 0.25) is 10.0 Å². The summed E-state index contributed by atoms with van der Waals surface area (Å²) >= 11 is 0. The number of carbonyl (C=O) groups is 1.